The third-order valence-electron chi connectivity index (χ3n) is 3.73. The summed E-state index contributed by atoms with van der Waals surface area (Å²) in [5, 5.41) is 3.58. The first-order valence-electron chi connectivity index (χ1n) is 6.69. The van der Waals surface area contributed by atoms with E-state index in [1.165, 1.54) is 18.4 Å². The van der Waals surface area contributed by atoms with Gasteiger partial charge in [0.05, 0.1) is 7.11 Å². The summed E-state index contributed by atoms with van der Waals surface area (Å²) < 4.78 is 6.83. The van der Waals surface area contributed by atoms with Gasteiger partial charge in [0, 0.05) is 27.9 Å². The minimum absolute atomic E-state index is 0.346. The van der Waals surface area contributed by atoms with Crippen molar-refractivity contribution < 1.29 is 4.74 Å². The molecular formula is C15H24BrNOS. The van der Waals surface area contributed by atoms with Crippen molar-refractivity contribution in [2.24, 2.45) is 0 Å². The fraction of sp³-hybridized carbons (Fsp3) is 0.600. The van der Waals surface area contributed by atoms with Gasteiger partial charge >= 0.3 is 0 Å². The highest BCUT2D eigenvalue weighted by Gasteiger charge is 2.24. The molecule has 0 aliphatic carbocycles. The van der Waals surface area contributed by atoms with E-state index in [9.17, 15) is 0 Å². The second kappa shape index (κ2) is 8.18. The average Bonchev–Trinajstić information content (AvgIpc) is 2.44. The van der Waals surface area contributed by atoms with Crippen molar-refractivity contribution in [2.45, 2.75) is 38.0 Å². The fourth-order valence-corrected chi connectivity index (χ4v) is 3.40. The maximum absolute atomic E-state index is 5.40. The van der Waals surface area contributed by atoms with Crippen LogP contribution in [0, 0.1) is 0 Å². The summed E-state index contributed by atoms with van der Waals surface area (Å²) in [6, 6.07) is 6.12. The maximum Gasteiger partial charge on any atom is 0.123 e. The van der Waals surface area contributed by atoms with Gasteiger partial charge in [0.1, 0.15) is 5.75 Å². The molecule has 0 saturated carbocycles. The number of benzene rings is 1. The molecule has 0 radical (unpaired) electrons. The Kier molecular flexibility index (Phi) is 7.26. The Morgan fingerprint density at radius 1 is 1.32 bits per heavy atom. The second-order valence-electron chi connectivity index (χ2n) is 4.65. The number of hydrogen-bond donors (Lipinski definition) is 1. The first kappa shape index (κ1) is 16.9. The molecule has 0 aliphatic rings. The van der Waals surface area contributed by atoms with Crippen molar-refractivity contribution in [1.29, 1.82) is 0 Å². The molecule has 0 unspecified atom stereocenters. The molecular weight excluding hydrogens is 322 g/mol. The van der Waals surface area contributed by atoms with Gasteiger partial charge in [-0.3, -0.25) is 0 Å². The van der Waals surface area contributed by atoms with Gasteiger partial charge in [-0.15, -0.1) is 0 Å². The molecule has 1 rings (SSSR count). The molecule has 108 valence electrons. The fourth-order valence-electron chi connectivity index (χ4n) is 2.17. The number of hydrogen-bond acceptors (Lipinski definition) is 3. The monoisotopic (exact) mass is 345 g/mol. The number of methoxy groups -OCH3 is 1. The largest absolute Gasteiger partial charge is 0.496 e. The minimum atomic E-state index is 0.346. The number of ether oxygens (including phenoxy) is 1. The summed E-state index contributed by atoms with van der Waals surface area (Å²) in [7, 11) is 1.72. The molecule has 2 nitrogen and oxygen atoms in total. The van der Waals surface area contributed by atoms with Crippen LogP contribution in [0.25, 0.3) is 0 Å². The smallest absolute Gasteiger partial charge is 0.123 e. The Hall–Kier alpha value is -0.190. The molecule has 0 atom stereocenters. The molecule has 0 aliphatic heterocycles. The van der Waals surface area contributed by atoms with Gasteiger partial charge in [-0.1, -0.05) is 29.8 Å². The van der Waals surface area contributed by atoms with Crippen LogP contribution in [-0.2, 0) is 6.54 Å². The van der Waals surface area contributed by atoms with Gasteiger partial charge < -0.3 is 10.1 Å². The number of rotatable bonds is 8. The molecule has 0 amide bonds. The highest BCUT2D eigenvalue weighted by Crippen LogP contribution is 2.30. The van der Waals surface area contributed by atoms with E-state index in [0.717, 1.165) is 23.3 Å². The van der Waals surface area contributed by atoms with E-state index in [1.54, 1.807) is 7.11 Å². The van der Waals surface area contributed by atoms with Gasteiger partial charge in [0.15, 0.2) is 0 Å². The van der Waals surface area contributed by atoms with E-state index in [4.69, 9.17) is 4.74 Å². The van der Waals surface area contributed by atoms with Gasteiger partial charge in [-0.2, -0.15) is 11.8 Å². The first-order chi connectivity index (χ1) is 9.10. The van der Waals surface area contributed by atoms with Crippen LogP contribution in [0.1, 0.15) is 32.3 Å². The van der Waals surface area contributed by atoms with Crippen LogP contribution in [0.4, 0.5) is 0 Å². The Bertz CT molecular complexity index is 385. The normalized spacial score (nSPS) is 11.6. The average molecular weight is 346 g/mol. The molecule has 0 fully saturated rings. The summed E-state index contributed by atoms with van der Waals surface area (Å²) >= 11 is 5.47. The van der Waals surface area contributed by atoms with Gasteiger partial charge in [-0.05, 0) is 37.3 Å². The minimum Gasteiger partial charge on any atom is -0.496 e. The van der Waals surface area contributed by atoms with E-state index >= 15 is 0 Å². The van der Waals surface area contributed by atoms with Crippen molar-refractivity contribution in [1.82, 2.24) is 5.32 Å². The number of halogens is 1. The summed E-state index contributed by atoms with van der Waals surface area (Å²) in [6.45, 7) is 6.39. The van der Waals surface area contributed by atoms with E-state index < -0.39 is 0 Å². The standard InChI is InChI=1S/C15H24BrNOS/c1-5-15(6-2,19-4)11-17-10-12-9-13(16)7-8-14(12)18-3/h7-9,17H,5-6,10-11H2,1-4H3. The lowest BCUT2D eigenvalue weighted by atomic mass is 10.0. The zero-order chi connectivity index (χ0) is 14.3. The van der Waals surface area contributed by atoms with Crippen LogP contribution in [0.15, 0.2) is 22.7 Å². The summed E-state index contributed by atoms with van der Waals surface area (Å²) in [5.41, 5.74) is 1.19. The third-order valence-corrected chi connectivity index (χ3v) is 5.81. The first-order valence-corrected chi connectivity index (χ1v) is 8.71. The van der Waals surface area contributed by atoms with Crippen LogP contribution in [-0.4, -0.2) is 24.7 Å². The van der Waals surface area contributed by atoms with Crippen molar-refractivity contribution in [2.75, 3.05) is 19.9 Å². The number of nitrogens with one attached hydrogen (secondary N) is 1. The van der Waals surface area contributed by atoms with Crippen LogP contribution in [0.3, 0.4) is 0 Å². The predicted molar refractivity (Wildman–Crippen MR) is 89.2 cm³/mol. The number of thioether (sulfide) groups is 1. The lowest BCUT2D eigenvalue weighted by molar-refractivity contribution is 0.405. The van der Waals surface area contributed by atoms with Crippen molar-refractivity contribution in [3.63, 3.8) is 0 Å². The highest BCUT2D eigenvalue weighted by molar-refractivity contribution is 9.10. The second-order valence-corrected chi connectivity index (χ2v) is 6.84. The molecule has 4 heteroatoms. The molecule has 0 saturated heterocycles. The van der Waals surface area contributed by atoms with E-state index in [1.807, 2.05) is 23.9 Å². The molecule has 1 N–H and O–H groups in total. The lowest BCUT2D eigenvalue weighted by Crippen LogP contribution is -2.36. The van der Waals surface area contributed by atoms with Gasteiger partial charge in [0.25, 0.3) is 0 Å². The topological polar surface area (TPSA) is 21.3 Å². The summed E-state index contributed by atoms with van der Waals surface area (Å²) in [4.78, 5) is 0. The van der Waals surface area contributed by atoms with Crippen molar-refractivity contribution in [3.05, 3.63) is 28.2 Å². The molecule has 1 aromatic rings. The van der Waals surface area contributed by atoms with Crippen LogP contribution >= 0.6 is 27.7 Å². The van der Waals surface area contributed by atoms with E-state index in [0.29, 0.717) is 4.75 Å². The van der Waals surface area contributed by atoms with E-state index in [2.05, 4.69) is 47.4 Å². The quantitative estimate of drug-likeness (QED) is 0.750. The molecule has 19 heavy (non-hydrogen) atoms. The molecule has 1 aromatic carbocycles. The SMILES string of the molecule is CCC(CC)(CNCc1cc(Br)ccc1OC)SC. The summed E-state index contributed by atoms with van der Waals surface area (Å²) in [5.74, 6) is 0.943. The van der Waals surface area contributed by atoms with Crippen molar-refractivity contribution in [3.8, 4) is 5.75 Å². The van der Waals surface area contributed by atoms with Crippen LogP contribution in [0.2, 0.25) is 0 Å². The maximum atomic E-state index is 5.40. The lowest BCUT2D eigenvalue weighted by Gasteiger charge is -2.30. The third kappa shape index (κ3) is 4.69. The Morgan fingerprint density at radius 2 is 2.00 bits per heavy atom. The molecule has 0 heterocycles. The van der Waals surface area contributed by atoms with Crippen LogP contribution < -0.4 is 10.1 Å². The Labute approximate surface area is 129 Å². The molecule has 0 bridgehead atoms. The molecule has 0 spiro atoms. The predicted octanol–water partition coefficient (Wildman–Crippen LogP) is 4.47. The highest BCUT2D eigenvalue weighted by atomic mass is 79.9. The van der Waals surface area contributed by atoms with Crippen molar-refractivity contribution >= 4 is 27.7 Å². The van der Waals surface area contributed by atoms with Gasteiger partial charge in [-0.25, -0.2) is 0 Å². The van der Waals surface area contributed by atoms with Crippen LogP contribution in [0.5, 0.6) is 5.75 Å². The zero-order valence-electron chi connectivity index (χ0n) is 12.3. The summed E-state index contributed by atoms with van der Waals surface area (Å²) in [6.07, 6.45) is 4.58. The Balaban J connectivity index is 2.64. The van der Waals surface area contributed by atoms with E-state index in [-0.39, 0.29) is 0 Å². The molecule has 0 aromatic heterocycles. The van der Waals surface area contributed by atoms with Gasteiger partial charge in [0.2, 0.25) is 0 Å². The Morgan fingerprint density at radius 3 is 2.53 bits per heavy atom. The zero-order valence-corrected chi connectivity index (χ0v) is 14.7.